The van der Waals surface area contributed by atoms with Crippen molar-refractivity contribution in [3.05, 3.63) is 17.3 Å². The molecule has 1 aromatic heterocycles. The van der Waals surface area contributed by atoms with Gasteiger partial charge in [0.25, 0.3) is 6.43 Å². The van der Waals surface area contributed by atoms with Crippen LogP contribution in [0.3, 0.4) is 0 Å². The van der Waals surface area contributed by atoms with Crippen molar-refractivity contribution in [2.75, 3.05) is 11.5 Å². The first-order valence-corrected chi connectivity index (χ1v) is 3.75. The van der Waals surface area contributed by atoms with Gasteiger partial charge in [0.2, 0.25) is 0 Å². The van der Waals surface area contributed by atoms with E-state index in [9.17, 15) is 8.78 Å². The lowest BCUT2D eigenvalue weighted by atomic mass is 10.1. The minimum atomic E-state index is -2.71. The molecule has 0 aliphatic carbocycles. The second-order valence-corrected chi connectivity index (χ2v) is 2.63. The minimum Gasteiger partial charge on any atom is -0.398 e. The summed E-state index contributed by atoms with van der Waals surface area (Å²) < 4.78 is 24.7. The number of anilines is 2. The highest BCUT2D eigenvalue weighted by atomic mass is 19.3. The molecule has 0 fully saturated rings. The van der Waals surface area contributed by atoms with Gasteiger partial charge in [-0.05, 0) is 0 Å². The van der Waals surface area contributed by atoms with Gasteiger partial charge in [0, 0.05) is 17.4 Å². The Bertz CT molecular complexity index is 384. The molecule has 4 nitrogen and oxygen atoms in total. The van der Waals surface area contributed by atoms with Gasteiger partial charge in [-0.2, -0.15) is 5.26 Å². The molecule has 74 valence electrons. The fourth-order valence-electron chi connectivity index (χ4n) is 1.04. The average Bonchev–Trinajstić information content (AvgIpc) is 2.11. The highest BCUT2D eigenvalue weighted by Crippen LogP contribution is 2.29. The Labute approximate surface area is 79.1 Å². The Morgan fingerprint density at radius 2 is 2.14 bits per heavy atom. The SMILES string of the molecule is N#CCc1c(N)ncc(C(F)F)c1N. The van der Waals surface area contributed by atoms with Gasteiger partial charge in [-0.1, -0.05) is 0 Å². The molecule has 1 heterocycles. The molecule has 0 aliphatic heterocycles. The minimum absolute atomic E-state index is 0.0217. The molecule has 6 heteroatoms. The van der Waals surface area contributed by atoms with Crippen LogP contribution in [0.4, 0.5) is 20.3 Å². The van der Waals surface area contributed by atoms with Crippen molar-refractivity contribution in [1.29, 1.82) is 5.26 Å². The monoisotopic (exact) mass is 198 g/mol. The van der Waals surface area contributed by atoms with Crippen LogP contribution in [0.5, 0.6) is 0 Å². The Hall–Kier alpha value is -1.90. The molecule has 0 aromatic carbocycles. The number of pyridine rings is 1. The Kier molecular flexibility index (Phi) is 2.82. The maximum Gasteiger partial charge on any atom is 0.267 e. The fourth-order valence-corrected chi connectivity index (χ4v) is 1.04. The number of nitrogens with zero attached hydrogens (tertiary/aromatic N) is 2. The highest BCUT2D eigenvalue weighted by molar-refractivity contribution is 5.62. The number of nitrogen functional groups attached to an aromatic ring is 2. The quantitative estimate of drug-likeness (QED) is 0.748. The van der Waals surface area contributed by atoms with Crippen LogP contribution in [0, 0.1) is 11.3 Å². The summed E-state index contributed by atoms with van der Waals surface area (Å²) in [5, 5.41) is 8.42. The molecule has 0 spiro atoms. The van der Waals surface area contributed by atoms with Crippen molar-refractivity contribution in [2.24, 2.45) is 0 Å². The number of hydrogen-bond acceptors (Lipinski definition) is 4. The van der Waals surface area contributed by atoms with Crippen LogP contribution in [0.15, 0.2) is 6.20 Å². The topological polar surface area (TPSA) is 88.7 Å². The molecule has 0 radical (unpaired) electrons. The van der Waals surface area contributed by atoms with Gasteiger partial charge in [-0.25, -0.2) is 13.8 Å². The molecule has 14 heavy (non-hydrogen) atoms. The lowest BCUT2D eigenvalue weighted by Crippen LogP contribution is -2.06. The molecule has 4 N–H and O–H groups in total. The number of nitriles is 1. The van der Waals surface area contributed by atoms with Crippen LogP contribution >= 0.6 is 0 Å². The van der Waals surface area contributed by atoms with Gasteiger partial charge >= 0.3 is 0 Å². The number of nitrogens with two attached hydrogens (primary N) is 2. The van der Waals surface area contributed by atoms with Gasteiger partial charge in [-0.3, -0.25) is 0 Å². The predicted molar refractivity (Wildman–Crippen MR) is 47.3 cm³/mol. The van der Waals surface area contributed by atoms with Gasteiger partial charge in [0.15, 0.2) is 0 Å². The van der Waals surface area contributed by atoms with E-state index in [2.05, 4.69) is 4.98 Å². The third-order valence-corrected chi connectivity index (χ3v) is 1.78. The fraction of sp³-hybridized carbons (Fsp3) is 0.250. The summed E-state index contributed by atoms with van der Waals surface area (Å²) in [6, 6.07) is 1.79. The molecule has 0 aliphatic rings. The summed E-state index contributed by atoms with van der Waals surface area (Å²) in [6.07, 6.45) is -1.90. The zero-order valence-corrected chi connectivity index (χ0v) is 7.17. The summed E-state index contributed by atoms with van der Waals surface area (Å²) >= 11 is 0. The van der Waals surface area contributed by atoms with E-state index in [1.54, 1.807) is 6.07 Å². The smallest absolute Gasteiger partial charge is 0.267 e. The van der Waals surface area contributed by atoms with Crippen LogP contribution in [0.1, 0.15) is 17.6 Å². The normalized spacial score (nSPS) is 10.1. The summed E-state index contributed by atoms with van der Waals surface area (Å²) in [5.41, 5.74) is 10.5. The zero-order valence-electron chi connectivity index (χ0n) is 7.17. The van der Waals surface area contributed by atoms with E-state index in [0.717, 1.165) is 6.20 Å². The average molecular weight is 198 g/mol. The summed E-state index contributed by atoms with van der Waals surface area (Å²) in [7, 11) is 0. The zero-order chi connectivity index (χ0) is 10.7. The van der Waals surface area contributed by atoms with E-state index < -0.39 is 6.43 Å². The molecule has 0 atom stereocenters. The number of halogens is 2. The maximum absolute atomic E-state index is 12.3. The van der Waals surface area contributed by atoms with Crippen LogP contribution < -0.4 is 11.5 Å². The van der Waals surface area contributed by atoms with Crippen molar-refractivity contribution in [3.63, 3.8) is 0 Å². The molecule has 0 amide bonds. The molecular weight excluding hydrogens is 190 g/mol. The van der Waals surface area contributed by atoms with Crippen molar-refractivity contribution >= 4 is 11.5 Å². The van der Waals surface area contributed by atoms with E-state index in [1.165, 1.54) is 0 Å². The van der Waals surface area contributed by atoms with E-state index >= 15 is 0 Å². The van der Waals surface area contributed by atoms with Crippen LogP contribution in [0.25, 0.3) is 0 Å². The first-order chi connectivity index (χ1) is 6.57. The molecule has 0 saturated heterocycles. The van der Waals surface area contributed by atoms with E-state index in [0.29, 0.717) is 0 Å². The van der Waals surface area contributed by atoms with E-state index in [-0.39, 0.29) is 29.1 Å². The third kappa shape index (κ3) is 1.71. The van der Waals surface area contributed by atoms with Crippen molar-refractivity contribution in [1.82, 2.24) is 4.98 Å². The number of aromatic nitrogens is 1. The van der Waals surface area contributed by atoms with Crippen LogP contribution in [0.2, 0.25) is 0 Å². The van der Waals surface area contributed by atoms with Crippen LogP contribution in [-0.2, 0) is 6.42 Å². The van der Waals surface area contributed by atoms with Crippen molar-refractivity contribution in [2.45, 2.75) is 12.8 Å². The van der Waals surface area contributed by atoms with Crippen molar-refractivity contribution in [3.8, 4) is 6.07 Å². The molecular formula is C8H8F2N4. The van der Waals surface area contributed by atoms with Gasteiger partial charge in [0.1, 0.15) is 5.82 Å². The largest absolute Gasteiger partial charge is 0.398 e. The molecule has 0 saturated carbocycles. The number of alkyl halides is 2. The summed E-state index contributed by atoms with van der Waals surface area (Å²) in [5.74, 6) is 0.0217. The first-order valence-electron chi connectivity index (χ1n) is 3.75. The van der Waals surface area contributed by atoms with Crippen molar-refractivity contribution < 1.29 is 8.78 Å². The maximum atomic E-state index is 12.3. The highest BCUT2D eigenvalue weighted by Gasteiger charge is 2.16. The lowest BCUT2D eigenvalue weighted by Gasteiger charge is -2.09. The number of hydrogen-bond donors (Lipinski definition) is 2. The predicted octanol–water partition coefficient (Wildman–Crippen LogP) is 1.25. The molecule has 0 bridgehead atoms. The Balaban J connectivity index is 3.27. The second kappa shape index (κ2) is 3.87. The van der Waals surface area contributed by atoms with E-state index in [1.807, 2.05) is 0 Å². The Morgan fingerprint density at radius 3 is 2.64 bits per heavy atom. The lowest BCUT2D eigenvalue weighted by molar-refractivity contribution is 0.152. The summed E-state index contributed by atoms with van der Waals surface area (Å²) in [4.78, 5) is 3.55. The van der Waals surface area contributed by atoms with Gasteiger partial charge in [-0.15, -0.1) is 0 Å². The second-order valence-electron chi connectivity index (χ2n) is 2.63. The van der Waals surface area contributed by atoms with Crippen LogP contribution in [-0.4, -0.2) is 4.98 Å². The van der Waals surface area contributed by atoms with Gasteiger partial charge in [0.05, 0.1) is 18.1 Å². The Morgan fingerprint density at radius 1 is 1.50 bits per heavy atom. The van der Waals surface area contributed by atoms with Gasteiger partial charge < -0.3 is 11.5 Å². The standard InChI is InChI=1S/C8H8F2N4/c9-7(10)5-3-14-8(13)4(1-2-11)6(5)12/h3,7H,1H2,(H4,12,13,14). The summed E-state index contributed by atoms with van der Waals surface area (Å²) in [6.45, 7) is 0. The molecule has 0 unspecified atom stereocenters. The number of rotatable bonds is 2. The molecule has 1 rings (SSSR count). The van der Waals surface area contributed by atoms with E-state index in [4.69, 9.17) is 16.7 Å². The molecule has 1 aromatic rings. The third-order valence-electron chi connectivity index (χ3n) is 1.78. The first kappa shape index (κ1) is 10.2.